The molecule has 26 heavy (non-hydrogen) atoms. The Morgan fingerprint density at radius 2 is 1.69 bits per heavy atom. The van der Waals surface area contributed by atoms with Crippen LogP contribution in [-0.4, -0.2) is 5.91 Å². The van der Waals surface area contributed by atoms with E-state index in [1.54, 1.807) is 24.3 Å². The molecule has 0 radical (unpaired) electrons. The van der Waals surface area contributed by atoms with Crippen LogP contribution in [0.2, 0.25) is 0 Å². The zero-order valence-electron chi connectivity index (χ0n) is 14.5. The summed E-state index contributed by atoms with van der Waals surface area (Å²) in [7, 11) is 0. The molecule has 1 aromatic heterocycles. The molecule has 5 heteroatoms. The van der Waals surface area contributed by atoms with Gasteiger partial charge in [0.15, 0.2) is 5.76 Å². The number of furan rings is 1. The van der Waals surface area contributed by atoms with Crippen molar-refractivity contribution in [3.05, 3.63) is 89.1 Å². The van der Waals surface area contributed by atoms with Gasteiger partial charge in [0.05, 0.1) is 0 Å². The monoisotopic (exact) mass is 353 g/mol. The molecule has 3 aromatic rings. The van der Waals surface area contributed by atoms with Crippen molar-refractivity contribution in [2.24, 2.45) is 0 Å². The number of carbonyl (C=O) groups excluding carboxylic acids is 1. The van der Waals surface area contributed by atoms with Gasteiger partial charge in [0, 0.05) is 6.54 Å². The second-order valence-electron chi connectivity index (χ2n) is 5.86. The fraction of sp³-hybridized carbons (Fsp3) is 0.190. The maximum absolute atomic E-state index is 12.9. The lowest BCUT2D eigenvalue weighted by Crippen LogP contribution is -2.22. The quantitative estimate of drug-likeness (QED) is 0.681. The Bertz CT molecular complexity index is 854. The fourth-order valence-electron chi connectivity index (χ4n) is 2.43. The highest BCUT2D eigenvalue weighted by atomic mass is 19.1. The molecule has 0 bridgehead atoms. The molecule has 0 spiro atoms. The second-order valence-corrected chi connectivity index (χ2v) is 5.86. The molecule has 0 saturated carbocycles. The number of nitrogens with one attached hydrogen (secondary N) is 1. The Kier molecular flexibility index (Phi) is 5.69. The molecule has 0 aliphatic heterocycles. The van der Waals surface area contributed by atoms with Crippen LogP contribution in [-0.2, 0) is 19.6 Å². The van der Waals surface area contributed by atoms with Crippen molar-refractivity contribution in [3.8, 4) is 5.75 Å². The van der Waals surface area contributed by atoms with Gasteiger partial charge in [-0.05, 0) is 53.9 Å². The van der Waals surface area contributed by atoms with E-state index in [1.165, 1.54) is 17.7 Å². The van der Waals surface area contributed by atoms with Crippen LogP contribution in [0.1, 0.15) is 34.4 Å². The molecule has 4 nitrogen and oxygen atoms in total. The van der Waals surface area contributed by atoms with Gasteiger partial charge >= 0.3 is 0 Å². The zero-order valence-corrected chi connectivity index (χ0v) is 14.5. The normalized spacial score (nSPS) is 10.5. The third-order valence-electron chi connectivity index (χ3n) is 3.96. The summed E-state index contributed by atoms with van der Waals surface area (Å²) in [4.78, 5) is 12.1. The molecule has 0 saturated heterocycles. The van der Waals surface area contributed by atoms with Crippen LogP contribution in [0, 0.1) is 5.82 Å². The first kappa shape index (κ1) is 17.7. The Balaban J connectivity index is 1.51. The molecule has 3 rings (SSSR count). The number of hydrogen-bond acceptors (Lipinski definition) is 3. The Morgan fingerprint density at radius 3 is 2.38 bits per heavy atom. The van der Waals surface area contributed by atoms with E-state index in [9.17, 15) is 9.18 Å². The highest BCUT2D eigenvalue weighted by molar-refractivity contribution is 5.91. The molecule has 0 aliphatic rings. The number of hydrogen-bond donors (Lipinski definition) is 1. The third kappa shape index (κ3) is 4.72. The summed E-state index contributed by atoms with van der Waals surface area (Å²) in [6, 6.07) is 17.2. The number of rotatable bonds is 7. The minimum atomic E-state index is -0.326. The average molecular weight is 353 g/mol. The lowest BCUT2D eigenvalue weighted by atomic mass is 10.2. The van der Waals surface area contributed by atoms with Crippen LogP contribution in [0.4, 0.5) is 4.39 Å². The molecule has 2 aromatic carbocycles. The van der Waals surface area contributed by atoms with Gasteiger partial charge in [-0.25, -0.2) is 4.39 Å². The van der Waals surface area contributed by atoms with Gasteiger partial charge in [0.1, 0.15) is 23.9 Å². The van der Waals surface area contributed by atoms with E-state index in [4.69, 9.17) is 9.15 Å². The second kappa shape index (κ2) is 8.34. The van der Waals surface area contributed by atoms with Crippen molar-refractivity contribution in [3.63, 3.8) is 0 Å². The SMILES string of the molecule is CCc1ccc(OCc2ccc(C(=O)NCc3ccc(F)cc3)o2)cc1. The number of halogens is 1. The van der Waals surface area contributed by atoms with E-state index in [1.807, 2.05) is 24.3 Å². The van der Waals surface area contributed by atoms with Gasteiger partial charge in [0.25, 0.3) is 5.91 Å². The molecular formula is C21H20FNO3. The molecule has 1 N–H and O–H groups in total. The number of ether oxygens (including phenoxy) is 1. The van der Waals surface area contributed by atoms with E-state index in [2.05, 4.69) is 12.2 Å². The standard InChI is InChI=1S/C21H20FNO3/c1-2-15-5-9-18(10-6-15)25-14-19-11-12-20(26-19)21(24)23-13-16-3-7-17(22)8-4-16/h3-12H,2,13-14H2,1H3,(H,23,24). The predicted octanol–water partition coefficient (Wildman–Crippen LogP) is 4.49. The number of carbonyl (C=O) groups is 1. The van der Waals surface area contributed by atoms with E-state index in [0.29, 0.717) is 12.3 Å². The van der Waals surface area contributed by atoms with Crippen LogP contribution in [0.25, 0.3) is 0 Å². The molecule has 0 atom stereocenters. The Morgan fingerprint density at radius 1 is 1.00 bits per heavy atom. The van der Waals surface area contributed by atoms with Gasteiger partial charge in [-0.15, -0.1) is 0 Å². The van der Waals surface area contributed by atoms with E-state index < -0.39 is 0 Å². The largest absolute Gasteiger partial charge is 0.486 e. The maximum Gasteiger partial charge on any atom is 0.287 e. The predicted molar refractivity (Wildman–Crippen MR) is 96.4 cm³/mol. The summed E-state index contributed by atoms with van der Waals surface area (Å²) >= 11 is 0. The fourth-order valence-corrected chi connectivity index (χ4v) is 2.43. The smallest absolute Gasteiger partial charge is 0.287 e. The van der Waals surface area contributed by atoms with Crippen molar-refractivity contribution in [2.45, 2.75) is 26.5 Å². The van der Waals surface area contributed by atoms with E-state index in [-0.39, 0.29) is 24.1 Å². The summed E-state index contributed by atoms with van der Waals surface area (Å²) in [6.45, 7) is 2.65. The topological polar surface area (TPSA) is 51.5 Å². The Labute approximate surface area is 151 Å². The summed E-state index contributed by atoms with van der Waals surface area (Å²) in [5, 5.41) is 2.74. The molecule has 134 valence electrons. The molecule has 1 heterocycles. The first-order valence-electron chi connectivity index (χ1n) is 8.47. The van der Waals surface area contributed by atoms with Crippen LogP contribution in [0.3, 0.4) is 0 Å². The highest BCUT2D eigenvalue weighted by Gasteiger charge is 2.11. The minimum absolute atomic E-state index is 0.215. The summed E-state index contributed by atoms with van der Waals surface area (Å²) in [5.74, 6) is 0.900. The van der Waals surface area contributed by atoms with Gasteiger partial charge in [-0.3, -0.25) is 4.79 Å². The average Bonchev–Trinajstić information content (AvgIpc) is 3.15. The summed E-state index contributed by atoms with van der Waals surface area (Å²) in [5.41, 5.74) is 2.06. The van der Waals surface area contributed by atoms with Crippen LogP contribution >= 0.6 is 0 Å². The van der Waals surface area contributed by atoms with Crippen molar-refractivity contribution in [2.75, 3.05) is 0 Å². The molecule has 1 amide bonds. The third-order valence-corrected chi connectivity index (χ3v) is 3.96. The lowest BCUT2D eigenvalue weighted by molar-refractivity contribution is 0.0919. The van der Waals surface area contributed by atoms with Crippen LogP contribution in [0.15, 0.2) is 65.1 Å². The number of aryl methyl sites for hydroxylation is 1. The van der Waals surface area contributed by atoms with E-state index >= 15 is 0 Å². The zero-order chi connectivity index (χ0) is 18.4. The minimum Gasteiger partial charge on any atom is -0.486 e. The molecule has 0 fully saturated rings. The maximum atomic E-state index is 12.9. The summed E-state index contributed by atoms with van der Waals surface area (Å²) < 4.78 is 24.1. The first-order chi connectivity index (χ1) is 12.6. The first-order valence-corrected chi connectivity index (χ1v) is 8.47. The molecule has 0 unspecified atom stereocenters. The summed E-state index contributed by atoms with van der Waals surface area (Å²) in [6.07, 6.45) is 0.981. The lowest BCUT2D eigenvalue weighted by Gasteiger charge is -2.05. The van der Waals surface area contributed by atoms with Crippen molar-refractivity contribution >= 4 is 5.91 Å². The molecule has 0 aliphatic carbocycles. The molecular weight excluding hydrogens is 333 g/mol. The van der Waals surface area contributed by atoms with Crippen LogP contribution in [0.5, 0.6) is 5.75 Å². The van der Waals surface area contributed by atoms with Gasteiger partial charge in [-0.2, -0.15) is 0 Å². The number of amides is 1. The van der Waals surface area contributed by atoms with Gasteiger partial charge in [-0.1, -0.05) is 31.2 Å². The van der Waals surface area contributed by atoms with Crippen molar-refractivity contribution < 1.29 is 18.3 Å². The highest BCUT2D eigenvalue weighted by Crippen LogP contribution is 2.16. The van der Waals surface area contributed by atoms with Crippen molar-refractivity contribution in [1.29, 1.82) is 0 Å². The van der Waals surface area contributed by atoms with E-state index in [0.717, 1.165) is 17.7 Å². The van der Waals surface area contributed by atoms with Gasteiger partial charge in [0.2, 0.25) is 0 Å². The van der Waals surface area contributed by atoms with Gasteiger partial charge < -0.3 is 14.5 Å². The Hall–Kier alpha value is -3.08. The van der Waals surface area contributed by atoms with Crippen LogP contribution < -0.4 is 10.1 Å². The van der Waals surface area contributed by atoms with Crippen molar-refractivity contribution in [1.82, 2.24) is 5.32 Å². The number of benzene rings is 2.